The predicted molar refractivity (Wildman–Crippen MR) is 84.0 cm³/mol. The molecule has 0 aromatic carbocycles. The molecule has 2 heterocycles. The van der Waals surface area contributed by atoms with Gasteiger partial charge in [0.25, 0.3) is 0 Å². The molecule has 22 heavy (non-hydrogen) atoms. The van der Waals surface area contributed by atoms with Gasteiger partial charge in [0.05, 0.1) is 26.1 Å². The van der Waals surface area contributed by atoms with Gasteiger partial charge in [-0.05, 0) is 0 Å². The van der Waals surface area contributed by atoms with Gasteiger partial charge in [-0.2, -0.15) is 0 Å². The van der Waals surface area contributed by atoms with E-state index in [4.69, 9.17) is 20.3 Å². The number of nitrogens with zero attached hydrogens (tertiary/aromatic N) is 1. The smallest absolute Gasteiger partial charge is 0.356 e. The van der Waals surface area contributed by atoms with Crippen molar-refractivity contribution in [3.05, 3.63) is 36.8 Å². The first-order valence-corrected chi connectivity index (χ1v) is 7.54. The number of methoxy groups -OCH3 is 1. The van der Waals surface area contributed by atoms with E-state index in [1.807, 2.05) is 0 Å². The summed E-state index contributed by atoms with van der Waals surface area (Å²) in [5, 5.41) is 8.72. The van der Waals surface area contributed by atoms with Crippen LogP contribution in [0.25, 0.3) is 0 Å². The van der Waals surface area contributed by atoms with Crippen LogP contribution in [-0.4, -0.2) is 59.4 Å². The molecule has 0 aliphatic carbocycles. The quantitative estimate of drug-likeness (QED) is 0.417. The molecule has 122 valence electrons. The van der Waals surface area contributed by atoms with Crippen LogP contribution in [0, 0.1) is 0 Å². The van der Waals surface area contributed by atoms with Gasteiger partial charge in [-0.3, -0.25) is 9.69 Å². The zero-order chi connectivity index (χ0) is 16.7. The summed E-state index contributed by atoms with van der Waals surface area (Å²) in [5.74, 6) is -0.777. The van der Waals surface area contributed by atoms with Crippen molar-refractivity contribution in [2.24, 2.45) is 5.73 Å². The number of carboxylic acids is 1. The van der Waals surface area contributed by atoms with Gasteiger partial charge in [0.15, 0.2) is 5.70 Å². The molecule has 8 heteroatoms. The first-order chi connectivity index (χ1) is 10.5. The highest BCUT2D eigenvalue weighted by molar-refractivity contribution is 8.00. The van der Waals surface area contributed by atoms with Gasteiger partial charge in [0, 0.05) is 0 Å². The summed E-state index contributed by atoms with van der Waals surface area (Å²) < 4.78 is 9.84. The molecule has 0 spiro atoms. The van der Waals surface area contributed by atoms with E-state index in [1.165, 1.54) is 23.8 Å². The minimum Gasteiger partial charge on any atom is -0.498 e. The van der Waals surface area contributed by atoms with Crippen molar-refractivity contribution in [3.8, 4) is 0 Å². The maximum absolute atomic E-state index is 11.4. The third kappa shape index (κ3) is 3.90. The van der Waals surface area contributed by atoms with Gasteiger partial charge in [-0.15, -0.1) is 24.9 Å². The summed E-state index contributed by atoms with van der Waals surface area (Å²) in [6.07, 6.45) is 3.42. The van der Waals surface area contributed by atoms with Crippen LogP contribution in [0.3, 0.4) is 0 Å². The first kappa shape index (κ1) is 18.3. The number of carbonyl (C=O) groups excluding carboxylic acids is 1. The molecule has 0 radical (unpaired) electrons. The van der Waals surface area contributed by atoms with Gasteiger partial charge >= 0.3 is 5.97 Å². The number of nitrogens with two attached hydrogens (primary N) is 1. The molecule has 1 amide bonds. The normalized spacial score (nSPS) is 22.8. The number of carbonyl (C=O) groups is 2. The van der Waals surface area contributed by atoms with Gasteiger partial charge < -0.3 is 20.3 Å². The third-order valence-electron chi connectivity index (χ3n) is 2.89. The fourth-order valence-corrected chi connectivity index (χ4v) is 3.14. The Morgan fingerprint density at radius 1 is 1.50 bits per heavy atom. The zero-order valence-corrected chi connectivity index (χ0v) is 13.2. The van der Waals surface area contributed by atoms with Crippen LogP contribution in [-0.2, 0) is 19.1 Å². The maximum Gasteiger partial charge on any atom is 0.356 e. The number of rotatable bonds is 6. The average molecular weight is 328 g/mol. The van der Waals surface area contributed by atoms with E-state index in [2.05, 4.69) is 13.2 Å². The lowest BCUT2D eigenvalue weighted by molar-refractivity contribution is -0.148. The number of hydrogen-bond acceptors (Lipinski definition) is 6. The zero-order valence-electron chi connectivity index (χ0n) is 12.4. The Balaban J connectivity index is 0.000000295. The van der Waals surface area contributed by atoms with Crippen molar-refractivity contribution in [2.45, 2.75) is 11.4 Å². The molecule has 0 bridgehead atoms. The molecule has 2 aliphatic rings. The molecule has 0 aromatic heterocycles. The third-order valence-corrected chi connectivity index (χ3v) is 4.17. The number of β-lactam (4-membered cyclic amide) rings is 1. The lowest BCUT2D eigenvalue weighted by Crippen LogP contribution is -2.68. The number of amides is 1. The van der Waals surface area contributed by atoms with E-state index in [0.717, 1.165) is 0 Å². The Kier molecular flexibility index (Phi) is 7.16. The van der Waals surface area contributed by atoms with Crippen molar-refractivity contribution in [2.75, 3.05) is 26.1 Å². The highest BCUT2D eigenvalue weighted by atomic mass is 32.2. The predicted octanol–water partition coefficient (Wildman–Crippen LogP) is 0.546. The summed E-state index contributed by atoms with van der Waals surface area (Å²) >= 11 is 1.41. The molecular formula is C14H20N2O5S. The van der Waals surface area contributed by atoms with E-state index < -0.39 is 12.0 Å². The van der Waals surface area contributed by atoms with Crippen molar-refractivity contribution in [1.29, 1.82) is 0 Å². The van der Waals surface area contributed by atoms with E-state index in [0.29, 0.717) is 24.7 Å². The van der Waals surface area contributed by atoms with Crippen LogP contribution in [0.2, 0.25) is 0 Å². The van der Waals surface area contributed by atoms with E-state index in [1.54, 1.807) is 12.2 Å². The SMILES string of the molecule is C=CCOCC=C.COC1=C(C(=O)O)N2C(=O)C(N)C2SC1. The van der Waals surface area contributed by atoms with Crippen molar-refractivity contribution < 1.29 is 24.2 Å². The summed E-state index contributed by atoms with van der Waals surface area (Å²) in [6.45, 7) is 8.18. The Hall–Kier alpha value is -1.77. The maximum atomic E-state index is 11.4. The molecule has 2 aliphatic heterocycles. The summed E-state index contributed by atoms with van der Waals surface area (Å²) in [5.41, 5.74) is 5.48. The molecule has 2 rings (SSSR count). The first-order valence-electron chi connectivity index (χ1n) is 6.49. The topological polar surface area (TPSA) is 102 Å². The van der Waals surface area contributed by atoms with E-state index in [9.17, 15) is 9.59 Å². The molecule has 1 fully saturated rings. The number of fused-ring (bicyclic) bond motifs is 1. The molecule has 1 saturated heterocycles. The second-order valence-corrected chi connectivity index (χ2v) is 5.44. The van der Waals surface area contributed by atoms with Crippen LogP contribution < -0.4 is 5.73 Å². The Labute approximate surface area is 133 Å². The second kappa shape index (κ2) is 8.62. The number of aliphatic carboxylic acids is 1. The highest BCUT2D eigenvalue weighted by Gasteiger charge is 2.52. The minimum atomic E-state index is -1.16. The molecule has 3 N–H and O–H groups in total. The monoisotopic (exact) mass is 328 g/mol. The van der Waals surface area contributed by atoms with Gasteiger partial charge in [0.2, 0.25) is 5.91 Å². The van der Waals surface area contributed by atoms with Crippen molar-refractivity contribution in [1.82, 2.24) is 4.90 Å². The molecule has 2 atom stereocenters. The number of ether oxygens (including phenoxy) is 2. The van der Waals surface area contributed by atoms with Crippen LogP contribution in [0.1, 0.15) is 0 Å². The van der Waals surface area contributed by atoms with Crippen LogP contribution in [0.4, 0.5) is 0 Å². The highest BCUT2D eigenvalue weighted by Crippen LogP contribution is 2.39. The van der Waals surface area contributed by atoms with Gasteiger partial charge in [-0.25, -0.2) is 4.79 Å². The number of carboxylic acid groups (broad SMARTS) is 1. The molecule has 7 nitrogen and oxygen atoms in total. The molecule has 0 aromatic rings. The van der Waals surface area contributed by atoms with Crippen molar-refractivity contribution >= 4 is 23.6 Å². The Morgan fingerprint density at radius 2 is 2.09 bits per heavy atom. The average Bonchev–Trinajstić information content (AvgIpc) is 2.53. The Bertz CT molecular complexity index is 484. The Morgan fingerprint density at radius 3 is 2.55 bits per heavy atom. The molecule has 2 unspecified atom stereocenters. The lowest BCUT2D eigenvalue weighted by Gasteiger charge is -2.47. The lowest BCUT2D eigenvalue weighted by atomic mass is 10.1. The summed E-state index contributed by atoms with van der Waals surface area (Å²) in [6, 6.07) is -0.595. The second-order valence-electron chi connectivity index (χ2n) is 4.33. The minimum absolute atomic E-state index is 0.0760. The number of hydrogen-bond donors (Lipinski definition) is 2. The summed E-state index contributed by atoms with van der Waals surface area (Å²) in [7, 11) is 1.39. The van der Waals surface area contributed by atoms with Gasteiger partial charge in [0.1, 0.15) is 17.2 Å². The fourth-order valence-electron chi connectivity index (χ4n) is 1.88. The van der Waals surface area contributed by atoms with Crippen LogP contribution in [0.15, 0.2) is 36.8 Å². The van der Waals surface area contributed by atoms with E-state index >= 15 is 0 Å². The van der Waals surface area contributed by atoms with Gasteiger partial charge in [-0.1, -0.05) is 12.2 Å². The molecule has 0 saturated carbocycles. The van der Waals surface area contributed by atoms with Crippen molar-refractivity contribution in [3.63, 3.8) is 0 Å². The fraction of sp³-hybridized carbons (Fsp3) is 0.429. The molecular weight excluding hydrogens is 308 g/mol. The van der Waals surface area contributed by atoms with E-state index in [-0.39, 0.29) is 17.0 Å². The van der Waals surface area contributed by atoms with Crippen LogP contribution >= 0.6 is 11.8 Å². The standard InChI is InChI=1S/C8H10N2O4S.C6H10O/c1-14-3-2-15-7-4(9)6(11)10(7)5(3)8(12)13;1-3-5-7-6-4-2/h4,7H,2,9H2,1H3,(H,12,13);3-4H,1-2,5-6H2. The largest absolute Gasteiger partial charge is 0.498 e. The summed E-state index contributed by atoms with van der Waals surface area (Å²) in [4.78, 5) is 23.6. The van der Waals surface area contributed by atoms with Crippen LogP contribution in [0.5, 0.6) is 0 Å². The number of thioether (sulfide) groups is 1.